The van der Waals surface area contributed by atoms with Crippen LogP contribution < -0.4 is 14.4 Å². The van der Waals surface area contributed by atoms with E-state index in [0.717, 1.165) is 5.56 Å². The largest absolute Gasteiger partial charge is 0.497 e. The second-order valence-corrected chi connectivity index (χ2v) is 6.45. The number of aromatic nitrogens is 2. The zero-order valence-electron chi connectivity index (χ0n) is 16.2. The number of benzene rings is 2. The predicted octanol–water partition coefficient (Wildman–Crippen LogP) is 2.60. The van der Waals surface area contributed by atoms with Crippen molar-refractivity contribution in [3.63, 3.8) is 0 Å². The van der Waals surface area contributed by atoms with Gasteiger partial charge in [0.25, 0.3) is 5.89 Å². The summed E-state index contributed by atoms with van der Waals surface area (Å²) in [5.41, 5.74) is 1.28. The molecule has 0 unspecified atom stereocenters. The van der Waals surface area contributed by atoms with Crippen LogP contribution in [-0.2, 0) is 20.9 Å². The standard InChI is InChI=1S/C21H19N3O6/c1-27-15-8-6-14(7-9-15)21-22-18(30-23-21)13-29-20(26)12-24-16-4-2-3-5-17(16)28-11-10-19(24)25/h2-9H,10-13H2,1H3. The minimum atomic E-state index is -0.593. The van der Waals surface area contributed by atoms with Gasteiger partial charge in [-0.3, -0.25) is 14.5 Å². The summed E-state index contributed by atoms with van der Waals surface area (Å²) in [6.45, 7) is -0.168. The van der Waals surface area contributed by atoms with Crippen molar-refractivity contribution in [2.45, 2.75) is 13.0 Å². The first-order chi connectivity index (χ1) is 14.6. The molecule has 0 bridgehead atoms. The third-order valence-corrected chi connectivity index (χ3v) is 4.49. The molecule has 1 aliphatic rings. The number of ether oxygens (including phenoxy) is 3. The fourth-order valence-corrected chi connectivity index (χ4v) is 2.98. The highest BCUT2D eigenvalue weighted by molar-refractivity contribution is 5.99. The summed E-state index contributed by atoms with van der Waals surface area (Å²) in [4.78, 5) is 30.3. The summed E-state index contributed by atoms with van der Waals surface area (Å²) in [5, 5.41) is 3.89. The van der Waals surface area contributed by atoms with Crippen molar-refractivity contribution in [1.82, 2.24) is 10.1 Å². The Hall–Kier alpha value is -3.88. The number of amides is 1. The number of hydrogen-bond donors (Lipinski definition) is 0. The van der Waals surface area contributed by atoms with Gasteiger partial charge in [-0.05, 0) is 36.4 Å². The van der Waals surface area contributed by atoms with Gasteiger partial charge in [-0.1, -0.05) is 17.3 Å². The number of carbonyl (C=O) groups excluding carboxylic acids is 2. The third-order valence-electron chi connectivity index (χ3n) is 4.49. The van der Waals surface area contributed by atoms with Crippen molar-refractivity contribution in [2.75, 3.05) is 25.2 Å². The Labute approximate surface area is 172 Å². The summed E-state index contributed by atoms with van der Waals surface area (Å²) in [7, 11) is 1.58. The molecule has 9 nitrogen and oxygen atoms in total. The lowest BCUT2D eigenvalue weighted by molar-refractivity contribution is -0.144. The van der Waals surface area contributed by atoms with Crippen LogP contribution in [0.3, 0.4) is 0 Å². The van der Waals surface area contributed by atoms with E-state index in [0.29, 0.717) is 23.0 Å². The topological polar surface area (TPSA) is 104 Å². The number of fused-ring (bicyclic) bond motifs is 1. The molecule has 2 aromatic carbocycles. The van der Waals surface area contributed by atoms with Crippen LogP contribution in [-0.4, -0.2) is 42.3 Å². The van der Waals surface area contributed by atoms with Crippen LogP contribution in [0.25, 0.3) is 11.4 Å². The van der Waals surface area contributed by atoms with Gasteiger partial charge >= 0.3 is 5.97 Å². The molecule has 0 spiro atoms. The Morgan fingerprint density at radius 2 is 1.97 bits per heavy atom. The van der Waals surface area contributed by atoms with Crippen LogP contribution in [0.1, 0.15) is 12.3 Å². The monoisotopic (exact) mass is 409 g/mol. The molecule has 0 aliphatic carbocycles. The van der Waals surface area contributed by atoms with Gasteiger partial charge in [0.2, 0.25) is 11.7 Å². The Morgan fingerprint density at radius 1 is 1.17 bits per heavy atom. The van der Waals surface area contributed by atoms with E-state index in [-0.39, 0.29) is 38.0 Å². The second-order valence-electron chi connectivity index (χ2n) is 6.45. The van der Waals surface area contributed by atoms with Crippen LogP contribution in [0.15, 0.2) is 53.1 Å². The van der Waals surface area contributed by atoms with Crippen molar-refractivity contribution >= 4 is 17.6 Å². The van der Waals surface area contributed by atoms with E-state index in [9.17, 15) is 9.59 Å². The normalized spacial score (nSPS) is 13.2. The number of hydrogen-bond acceptors (Lipinski definition) is 8. The Kier molecular flexibility index (Phi) is 5.60. The molecule has 0 atom stereocenters. The van der Waals surface area contributed by atoms with Gasteiger partial charge in [0, 0.05) is 5.56 Å². The van der Waals surface area contributed by atoms with E-state index in [4.69, 9.17) is 18.7 Å². The number of methoxy groups -OCH3 is 1. The number of rotatable bonds is 6. The maximum Gasteiger partial charge on any atom is 0.326 e. The Morgan fingerprint density at radius 3 is 2.77 bits per heavy atom. The molecular weight excluding hydrogens is 390 g/mol. The molecule has 1 amide bonds. The smallest absolute Gasteiger partial charge is 0.326 e. The lowest BCUT2D eigenvalue weighted by Crippen LogP contribution is -2.36. The van der Waals surface area contributed by atoms with Crippen LogP contribution in [0.2, 0.25) is 0 Å². The first-order valence-corrected chi connectivity index (χ1v) is 9.29. The molecule has 1 aliphatic heterocycles. The highest BCUT2D eigenvalue weighted by atomic mass is 16.6. The summed E-state index contributed by atoms with van der Waals surface area (Å²) in [6, 6.07) is 14.2. The molecule has 30 heavy (non-hydrogen) atoms. The average molecular weight is 409 g/mol. The molecule has 1 aromatic heterocycles. The number of para-hydroxylation sites is 2. The predicted molar refractivity (Wildman–Crippen MR) is 105 cm³/mol. The fourth-order valence-electron chi connectivity index (χ4n) is 2.98. The van der Waals surface area contributed by atoms with Gasteiger partial charge in [0.05, 0.1) is 25.8 Å². The van der Waals surface area contributed by atoms with Crippen molar-refractivity contribution in [1.29, 1.82) is 0 Å². The molecule has 0 saturated carbocycles. The van der Waals surface area contributed by atoms with Crippen molar-refractivity contribution in [3.8, 4) is 22.9 Å². The summed E-state index contributed by atoms with van der Waals surface area (Å²) in [6.07, 6.45) is 0.177. The first kappa shape index (κ1) is 19.4. The van der Waals surface area contributed by atoms with Crippen LogP contribution in [0.4, 0.5) is 5.69 Å². The minimum Gasteiger partial charge on any atom is -0.497 e. The number of anilines is 1. The van der Waals surface area contributed by atoms with Crippen molar-refractivity contribution < 1.29 is 28.3 Å². The van der Waals surface area contributed by atoms with Gasteiger partial charge in [-0.25, -0.2) is 0 Å². The Bertz CT molecular complexity index is 1050. The quantitative estimate of drug-likeness (QED) is 0.572. The maximum atomic E-state index is 12.4. The third kappa shape index (κ3) is 4.24. The van der Waals surface area contributed by atoms with Crippen LogP contribution in [0.5, 0.6) is 11.5 Å². The zero-order chi connectivity index (χ0) is 20.9. The molecule has 9 heteroatoms. The molecule has 0 fully saturated rings. The maximum absolute atomic E-state index is 12.4. The minimum absolute atomic E-state index is 0.153. The van der Waals surface area contributed by atoms with Gasteiger partial charge in [0.1, 0.15) is 18.0 Å². The molecule has 0 radical (unpaired) electrons. The lowest BCUT2D eigenvalue weighted by atomic mass is 10.2. The zero-order valence-corrected chi connectivity index (χ0v) is 16.2. The van der Waals surface area contributed by atoms with Gasteiger partial charge in [-0.2, -0.15) is 4.98 Å². The average Bonchev–Trinajstić information content (AvgIpc) is 3.19. The van der Waals surface area contributed by atoms with E-state index in [1.165, 1.54) is 4.90 Å². The number of carbonyl (C=O) groups is 2. The van der Waals surface area contributed by atoms with Crippen molar-refractivity contribution in [3.05, 3.63) is 54.4 Å². The summed E-state index contributed by atoms with van der Waals surface area (Å²) < 4.78 is 21.1. The highest BCUT2D eigenvalue weighted by Crippen LogP contribution is 2.30. The molecule has 0 saturated heterocycles. The Balaban J connectivity index is 1.38. The van der Waals surface area contributed by atoms with E-state index in [1.54, 1.807) is 55.6 Å². The molecular formula is C21H19N3O6. The SMILES string of the molecule is COc1ccc(-c2noc(COC(=O)CN3C(=O)CCOc4ccccc43)n2)cc1. The van der Waals surface area contributed by atoms with E-state index < -0.39 is 5.97 Å². The molecule has 3 aromatic rings. The summed E-state index contributed by atoms with van der Waals surface area (Å²) >= 11 is 0. The number of esters is 1. The first-order valence-electron chi connectivity index (χ1n) is 9.29. The molecule has 154 valence electrons. The van der Waals surface area contributed by atoms with Gasteiger partial charge in [-0.15, -0.1) is 0 Å². The molecule has 4 rings (SSSR count). The second kappa shape index (κ2) is 8.64. The van der Waals surface area contributed by atoms with Crippen LogP contribution >= 0.6 is 0 Å². The van der Waals surface area contributed by atoms with E-state index in [1.807, 2.05) is 0 Å². The molecule has 2 heterocycles. The van der Waals surface area contributed by atoms with E-state index in [2.05, 4.69) is 10.1 Å². The fraction of sp³-hybridized carbons (Fsp3) is 0.238. The highest BCUT2D eigenvalue weighted by Gasteiger charge is 2.25. The van der Waals surface area contributed by atoms with Crippen LogP contribution in [0, 0.1) is 0 Å². The summed E-state index contributed by atoms with van der Waals surface area (Å²) in [5.74, 6) is 0.988. The van der Waals surface area contributed by atoms with E-state index >= 15 is 0 Å². The lowest BCUT2D eigenvalue weighted by Gasteiger charge is -2.20. The van der Waals surface area contributed by atoms with Gasteiger partial charge in [0.15, 0.2) is 6.61 Å². The molecule has 0 N–H and O–H groups in total. The number of nitrogens with zero attached hydrogens (tertiary/aromatic N) is 3. The van der Waals surface area contributed by atoms with Gasteiger partial charge < -0.3 is 18.7 Å². The van der Waals surface area contributed by atoms with Crippen molar-refractivity contribution in [2.24, 2.45) is 0 Å².